The number of benzene rings is 2. The molecule has 0 spiro atoms. The summed E-state index contributed by atoms with van der Waals surface area (Å²) in [5, 5.41) is 0. The van der Waals surface area contributed by atoms with E-state index in [9.17, 15) is 9.59 Å². The lowest BCUT2D eigenvalue weighted by molar-refractivity contribution is -0.117. The van der Waals surface area contributed by atoms with Crippen LogP contribution in [-0.4, -0.2) is 11.6 Å². The average molecular weight is 324 g/mol. The van der Waals surface area contributed by atoms with Crippen molar-refractivity contribution in [1.29, 1.82) is 0 Å². The van der Waals surface area contributed by atoms with Crippen LogP contribution < -0.4 is 0 Å². The molecule has 0 radical (unpaired) electrons. The summed E-state index contributed by atoms with van der Waals surface area (Å²) in [6.07, 6.45) is 3.05. The predicted molar refractivity (Wildman–Crippen MR) is 100 cm³/mol. The van der Waals surface area contributed by atoms with Crippen LogP contribution in [0.25, 0.3) is 0 Å². The Morgan fingerprint density at radius 3 is 1.17 bits per heavy atom. The Bertz CT molecular complexity index is 577. The fourth-order valence-electron chi connectivity index (χ4n) is 2.15. The van der Waals surface area contributed by atoms with Crippen LogP contribution in [0.2, 0.25) is 0 Å². The third-order valence-electron chi connectivity index (χ3n) is 3.77. The van der Waals surface area contributed by atoms with Gasteiger partial charge in [0.1, 0.15) is 11.6 Å². The van der Waals surface area contributed by atoms with Gasteiger partial charge < -0.3 is 9.59 Å². The van der Waals surface area contributed by atoms with Crippen LogP contribution in [0.3, 0.4) is 0 Å². The molecule has 0 aliphatic carbocycles. The first-order valence-corrected chi connectivity index (χ1v) is 8.47. The van der Waals surface area contributed by atoms with E-state index in [2.05, 4.69) is 62.4 Å². The van der Waals surface area contributed by atoms with Crippen molar-refractivity contribution < 1.29 is 9.59 Å². The molecule has 0 atom stereocenters. The number of ketones is 2. The maximum Gasteiger partial charge on any atom is 0.130 e. The molecular formula is C22H28O2. The topological polar surface area (TPSA) is 34.1 Å². The van der Waals surface area contributed by atoms with Crippen LogP contribution in [-0.2, 0) is 22.4 Å². The third kappa shape index (κ3) is 9.04. The SMILES string of the molecule is CC(=O)CCc1ccc(C)cc1.CC(=O)CCc1ccc(C)cc1. The van der Waals surface area contributed by atoms with Crippen LogP contribution >= 0.6 is 0 Å². The van der Waals surface area contributed by atoms with Gasteiger partial charge in [0.15, 0.2) is 0 Å². The number of Topliss-reactive ketones (excluding diaryl/α,β-unsaturated/α-hetero) is 2. The van der Waals surface area contributed by atoms with E-state index in [0.717, 1.165) is 12.8 Å². The number of hydrogen-bond donors (Lipinski definition) is 0. The van der Waals surface area contributed by atoms with E-state index in [1.807, 2.05) is 0 Å². The zero-order valence-corrected chi connectivity index (χ0v) is 15.3. The van der Waals surface area contributed by atoms with Gasteiger partial charge >= 0.3 is 0 Å². The lowest BCUT2D eigenvalue weighted by Gasteiger charge is -1.98. The molecule has 2 nitrogen and oxygen atoms in total. The largest absolute Gasteiger partial charge is 0.300 e. The van der Waals surface area contributed by atoms with E-state index in [0.29, 0.717) is 12.8 Å². The van der Waals surface area contributed by atoms with Gasteiger partial charge in [0, 0.05) is 12.8 Å². The standard InChI is InChI=1S/2C11H14O/c2*1-9-3-6-11(7-4-9)8-5-10(2)12/h2*3-4,6-7H,5,8H2,1-2H3. The molecule has 0 aromatic heterocycles. The monoisotopic (exact) mass is 324 g/mol. The minimum Gasteiger partial charge on any atom is -0.300 e. The number of aryl methyl sites for hydroxylation is 4. The Hall–Kier alpha value is -2.22. The van der Waals surface area contributed by atoms with E-state index in [1.54, 1.807) is 13.8 Å². The summed E-state index contributed by atoms with van der Waals surface area (Å²) in [5.74, 6) is 0.520. The second-order valence-corrected chi connectivity index (χ2v) is 6.38. The summed E-state index contributed by atoms with van der Waals surface area (Å²) < 4.78 is 0. The van der Waals surface area contributed by atoms with Crippen LogP contribution in [0.15, 0.2) is 48.5 Å². The van der Waals surface area contributed by atoms with E-state index >= 15 is 0 Å². The number of carbonyl (C=O) groups excluding carboxylic acids is 2. The summed E-state index contributed by atoms with van der Waals surface area (Å²) in [5.41, 5.74) is 5.02. The highest BCUT2D eigenvalue weighted by Gasteiger charge is 1.96. The fourth-order valence-corrected chi connectivity index (χ4v) is 2.15. The minimum atomic E-state index is 0.260. The highest BCUT2D eigenvalue weighted by atomic mass is 16.1. The zero-order valence-electron chi connectivity index (χ0n) is 15.3. The Morgan fingerprint density at radius 1 is 0.625 bits per heavy atom. The molecule has 2 rings (SSSR count). The summed E-state index contributed by atoms with van der Waals surface area (Å²) >= 11 is 0. The Kier molecular flexibility index (Phi) is 8.70. The lowest BCUT2D eigenvalue weighted by atomic mass is 10.1. The fraction of sp³-hybridized carbons (Fsp3) is 0.364. The molecule has 2 aromatic carbocycles. The van der Waals surface area contributed by atoms with E-state index in [1.165, 1.54) is 22.3 Å². The summed E-state index contributed by atoms with van der Waals surface area (Å²) in [4.78, 5) is 21.4. The number of rotatable bonds is 6. The van der Waals surface area contributed by atoms with Crippen LogP contribution in [0, 0.1) is 13.8 Å². The lowest BCUT2D eigenvalue weighted by Crippen LogP contribution is -1.93. The van der Waals surface area contributed by atoms with Gasteiger partial charge in [-0.05, 0) is 51.7 Å². The molecule has 0 fully saturated rings. The maximum atomic E-state index is 10.7. The molecule has 2 aromatic rings. The minimum absolute atomic E-state index is 0.260. The first-order valence-electron chi connectivity index (χ1n) is 8.47. The van der Waals surface area contributed by atoms with Gasteiger partial charge in [0.25, 0.3) is 0 Å². The van der Waals surface area contributed by atoms with Gasteiger partial charge in [0.05, 0.1) is 0 Å². The van der Waals surface area contributed by atoms with Crippen molar-refractivity contribution in [3.63, 3.8) is 0 Å². The molecule has 0 saturated heterocycles. The van der Waals surface area contributed by atoms with Crippen LogP contribution in [0.1, 0.15) is 48.9 Å². The van der Waals surface area contributed by atoms with E-state index in [-0.39, 0.29) is 11.6 Å². The van der Waals surface area contributed by atoms with E-state index in [4.69, 9.17) is 0 Å². The molecule has 0 N–H and O–H groups in total. The van der Waals surface area contributed by atoms with E-state index < -0.39 is 0 Å². The van der Waals surface area contributed by atoms with Crippen molar-refractivity contribution >= 4 is 11.6 Å². The third-order valence-corrected chi connectivity index (χ3v) is 3.77. The molecule has 128 valence electrons. The maximum absolute atomic E-state index is 10.7. The van der Waals surface area contributed by atoms with Crippen LogP contribution in [0.4, 0.5) is 0 Å². The van der Waals surface area contributed by atoms with Gasteiger partial charge in [-0.25, -0.2) is 0 Å². The summed E-state index contributed by atoms with van der Waals surface area (Å²) in [6, 6.07) is 16.6. The molecule has 24 heavy (non-hydrogen) atoms. The number of hydrogen-bond acceptors (Lipinski definition) is 2. The zero-order chi connectivity index (χ0) is 17.9. The molecule has 0 amide bonds. The predicted octanol–water partition coefficient (Wildman–Crippen LogP) is 5.03. The summed E-state index contributed by atoms with van der Waals surface area (Å²) in [7, 11) is 0. The molecule has 0 aliphatic rings. The second-order valence-electron chi connectivity index (χ2n) is 6.38. The first-order chi connectivity index (χ1) is 11.4. The molecule has 0 unspecified atom stereocenters. The molecule has 0 saturated carbocycles. The first kappa shape index (κ1) is 19.8. The highest BCUT2D eigenvalue weighted by molar-refractivity contribution is 5.76. The van der Waals surface area contributed by atoms with Crippen molar-refractivity contribution in [2.45, 2.75) is 53.4 Å². The molecular weight excluding hydrogens is 296 g/mol. The summed E-state index contributed by atoms with van der Waals surface area (Å²) in [6.45, 7) is 7.39. The van der Waals surface area contributed by atoms with Crippen LogP contribution in [0.5, 0.6) is 0 Å². The second kappa shape index (κ2) is 10.5. The molecule has 0 aliphatic heterocycles. The van der Waals surface area contributed by atoms with Gasteiger partial charge in [-0.15, -0.1) is 0 Å². The van der Waals surface area contributed by atoms with Crippen molar-refractivity contribution in [1.82, 2.24) is 0 Å². The van der Waals surface area contributed by atoms with Gasteiger partial charge in [-0.3, -0.25) is 0 Å². The van der Waals surface area contributed by atoms with Crippen molar-refractivity contribution in [3.05, 3.63) is 70.8 Å². The smallest absolute Gasteiger partial charge is 0.130 e. The van der Waals surface area contributed by atoms with Gasteiger partial charge in [0.2, 0.25) is 0 Å². The van der Waals surface area contributed by atoms with Gasteiger partial charge in [-0.2, -0.15) is 0 Å². The van der Waals surface area contributed by atoms with Gasteiger partial charge in [-0.1, -0.05) is 59.7 Å². The normalized spacial score (nSPS) is 9.83. The molecule has 0 bridgehead atoms. The quantitative estimate of drug-likeness (QED) is 0.746. The Labute approximate surface area is 145 Å². The highest BCUT2D eigenvalue weighted by Crippen LogP contribution is 2.06. The average Bonchev–Trinajstić information content (AvgIpc) is 2.54. The van der Waals surface area contributed by atoms with Crippen molar-refractivity contribution in [2.24, 2.45) is 0 Å². The Balaban J connectivity index is 0.000000240. The molecule has 0 heterocycles. The van der Waals surface area contributed by atoms with Crippen molar-refractivity contribution in [3.8, 4) is 0 Å². The Morgan fingerprint density at radius 2 is 0.917 bits per heavy atom. The molecule has 2 heteroatoms. The van der Waals surface area contributed by atoms with Crippen molar-refractivity contribution in [2.75, 3.05) is 0 Å². The number of carbonyl (C=O) groups is 2.